The summed E-state index contributed by atoms with van der Waals surface area (Å²) in [5.41, 5.74) is 4.69. The van der Waals surface area contributed by atoms with Gasteiger partial charge in [0.2, 0.25) is 0 Å². The molecule has 1 atom stereocenters. The monoisotopic (exact) mass is 255 g/mol. The average molecular weight is 255 g/mol. The first-order valence-corrected chi connectivity index (χ1v) is 5.44. The van der Waals surface area contributed by atoms with Gasteiger partial charge in [-0.15, -0.1) is 0 Å². The number of carbonyl (C=O) groups is 1. The van der Waals surface area contributed by atoms with Crippen LogP contribution in [0.25, 0.3) is 0 Å². The smallest absolute Gasteiger partial charge is 0.285 e. The number of nitrogens with zero attached hydrogens (tertiary/aromatic N) is 1. The molecule has 0 saturated carbocycles. The third-order valence-corrected chi connectivity index (χ3v) is 2.51. The molecule has 0 fully saturated rings. The summed E-state index contributed by atoms with van der Waals surface area (Å²) in [6, 6.07) is 2.55. The van der Waals surface area contributed by atoms with Crippen LogP contribution in [0.15, 0.2) is 18.2 Å². The van der Waals surface area contributed by atoms with Crippen LogP contribution in [0.1, 0.15) is 23.7 Å². The summed E-state index contributed by atoms with van der Waals surface area (Å²) < 4.78 is 12.9. The minimum atomic E-state index is -0.790. The third kappa shape index (κ3) is 3.24. The van der Waals surface area contributed by atoms with E-state index in [9.17, 15) is 19.3 Å². The van der Waals surface area contributed by atoms with Crippen LogP contribution in [-0.4, -0.2) is 23.4 Å². The minimum absolute atomic E-state index is 0.173. The molecule has 18 heavy (non-hydrogen) atoms. The molecule has 1 aromatic rings. The second kappa shape index (κ2) is 6.06. The Balaban J connectivity index is 3.02. The highest BCUT2D eigenvalue weighted by molar-refractivity contribution is 5.98. The van der Waals surface area contributed by atoms with Gasteiger partial charge in [-0.1, -0.05) is 6.92 Å². The number of hydrogen-bond acceptors (Lipinski definition) is 4. The highest BCUT2D eigenvalue weighted by Crippen LogP contribution is 2.19. The van der Waals surface area contributed by atoms with E-state index >= 15 is 0 Å². The number of amides is 1. The van der Waals surface area contributed by atoms with E-state index in [1.807, 2.05) is 6.92 Å². The lowest BCUT2D eigenvalue weighted by Gasteiger charge is -2.14. The molecule has 0 spiro atoms. The van der Waals surface area contributed by atoms with Crippen molar-refractivity contribution in [3.63, 3.8) is 0 Å². The summed E-state index contributed by atoms with van der Waals surface area (Å²) in [4.78, 5) is 21.8. The number of nitro benzene ring substituents is 1. The highest BCUT2D eigenvalue weighted by atomic mass is 19.1. The standard InChI is InChI=1S/C11H14FN3O3/c1-2-8(6-13)14-11(16)9-4-3-7(12)5-10(9)15(17)18/h3-5,8H,2,6,13H2,1H3,(H,14,16). The van der Waals surface area contributed by atoms with E-state index in [1.165, 1.54) is 0 Å². The lowest BCUT2D eigenvalue weighted by Crippen LogP contribution is -2.39. The van der Waals surface area contributed by atoms with E-state index in [4.69, 9.17) is 5.73 Å². The van der Waals surface area contributed by atoms with E-state index in [1.54, 1.807) is 0 Å². The molecule has 6 nitrogen and oxygen atoms in total. The lowest BCUT2D eigenvalue weighted by molar-refractivity contribution is -0.385. The Morgan fingerprint density at radius 1 is 1.61 bits per heavy atom. The van der Waals surface area contributed by atoms with Gasteiger partial charge in [-0.25, -0.2) is 4.39 Å². The molecule has 1 rings (SSSR count). The Morgan fingerprint density at radius 3 is 2.78 bits per heavy atom. The number of nitrogens with two attached hydrogens (primary N) is 1. The first-order valence-electron chi connectivity index (χ1n) is 5.44. The second-order valence-corrected chi connectivity index (χ2v) is 3.73. The summed E-state index contributed by atoms with van der Waals surface area (Å²) in [5, 5.41) is 13.3. The number of rotatable bonds is 5. The van der Waals surface area contributed by atoms with Crippen molar-refractivity contribution in [1.29, 1.82) is 0 Å². The molecule has 0 saturated heterocycles. The zero-order chi connectivity index (χ0) is 13.7. The van der Waals surface area contributed by atoms with Gasteiger partial charge in [-0.3, -0.25) is 14.9 Å². The zero-order valence-electron chi connectivity index (χ0n) is 9.85. The molecule has 3 N–H and O–H groups in total. The fourth-order valence-electron chi connectivity index (χ4n) is 1.44. The topological polar surface area (TPSA) is 98.3 Å². The van der Waals surface area contributed by atoms with Crippen LogP contribution >= 0.6 is 0 Å². The molecule has 0 aliphatic rings. The van der Waals surface area contributed by atoms with E-state index in [0.29, 0.717) is 6.42 Å². The van der Waals surface area contributed by atoms with Gasteiger partial charge in [0.15, 0.2) is 0 Å². The number of halogens is 1. The van der Waals surface area contributed by atoms with Gasteiger partial charge in [0.25, 0.3) is 11.6 Å². The Bertz CT molecular complexity index is 461. The predicted octanol–water partition coefficient (Wildman–Crippen LogP) is 1.20. The van der Waals surface area contributed by atoms with Gasteiger partial charge in [0, 0.05) is 12.6 Å². The van der Waals surface area contributed by atoms with Gasteiger partial charge < -0.3 is 11.1 Å². The first kappa shape index (κ1) is 14.0. The van der Waals surface area contributed by atoms with Gasteiger partial charge in [0.1, 0.15) is 11.4 Å². The molecule has 1 unspecified atom stereocenters. The van der Waals surface area contributed by atoms with Crippen molar-refractivity contribution in [1.82, 2.24) is 5.32 Å². The molecule has 0 radical (unpaired) electrons. The summed E-state index contributed by atoms with van der Waals surface area (Å²) in [7, 11) is 0. The molecule has 7 heteroatoms. The molecule has 0 aliphatic carbocycles. The fourth-order valence-corrected chi connectivity index (χ4v) is 1.44. The fraction of sp³-hybridized carbons (Fsp3) is 0.364. The highest BCUT2D eigenvalue weighted by Gasteiger charge is 2.22. The summed E-state index contributed by atoms with van der Waals surface area (Å²) in [5.74, 6) is -1.39. The molecule has 1 amide bonds. The summed E-state index contributed by atoms with van der Waals surface area (Å²) in [6.07, 6.45) is 0.608. The van der Waals surface area contributed by atoms with Crippen molar-refractivity contribution in [2.75, 3.05) is 6.54 Å². The molecular weight excluding hydrogens is 241 g/mol. The third-order valence-electron chi connectivity index (χ3n) is 2.51. The van der Waals surface area contributed by atoms with Crippen molar-refractivity contribution < 1.29 is 14.1 Å². The van der Waals surface area contributed by atoms with E-state index < -0.39 is 22.3 Å². The van der Waals surface area contributed by atoms with Crippen LogP contribution in [0.4, 0.5) is 10.1 Å². The largest absolute Gasteiger partial charge is 0.348 e. The quantitative estimate of drug-likeness (QED) is 0.610. The van der Waals surface area contributed by atoms with Gasteiger partial charge in [-0.05, 0) is 18.6 Å². The number of carbonyl (C=O) groups excluding carboxylic acids is 1. The van der Waals surface area contributed by atoms with Crippen LogP contribution in [0.5, 0.6) is 0 Å². The SMILES string of the molecule is CCC(CN)NC(=O)c1ccc(F)cc1[N+](=O)[O-]. The Kier molecular flexibility index (Phi) is 4.73. The Labute approximate surface area is 103 Å². The average Bonchev–Trinajstić information content (AvgIpc) is 2.35. The maximum absolute atomic E-state index is 12.9. The summed E-state index contributed by atoms with van der Waals surface area (Å²) >= 11 is 0. The minimum Gasteiger partial charge on any atom is -0.348 e. The molecule has 0 bridgehead atoms. The molecule has 1 aromatic carbocycles. The van der Waals surface area contributed by atoms with Gasteiger partial charge in [0.05, 0.1) is 11.0 Å². The summed E-state index contributed by atoms with van der Waals surface area (Å²) in [6.45, 7) is 2.06. The first-order chi connectivity index (χ1) is 8.49. The lowest BCUT2D eigenvalue weighted by atomic mass is 10.1. The molecule has 98 valence electrons. The molecule has 0 aliphatic heterocycles. The van der Waals surface area contributed by atoms with Crippen LogP contribution in [-0.2, 0) is 0 Å². The van der Waals surface area contributed by atoms with Crippen molar-refractivity contribution in [3.05, 3.63) is 39.7 Å². The van der Waals surface area contributed by atoms with E-state index in [0.717, 1.165) is 18.2 Å². The zero-order valence-corrected chi connectivity index (χ0v) is 9.85. The van der Waals surface area contributed by atoms with Gasteiger partial charge >= 0.3 is 0 Å². The number of nitrogens with one attached hydrogen (secondary N) is 1. The number of benzene rings is 1. The molecule has 0 aromatic heterocycles. The second-order valence-electron chi connectivity index (χ2n) is 3.73. The van der Waals surface area contributed by atoms with Crippen LogP contribution in [0, 0.1) is 15.9 Å². The number of hydrogen-bond donors (Lipinski definition) is 2. The normalized spacial score (nSPS) is 11.9. The van der Waals surface area contributed by atoms with Crippen LogP contribution < -0.4 is 11.1 Å². The Morgan fingerprint density at radius 2 is 2.28 bits per heavy atom. The molecular formula is C11H14FN3O3. The molecule has 0 heterocycles. The van der Waals surface area contributed by atoms with Gasteiger partial charge in [-0.2, -0.15) is 0 Å². The van der Waals surface area contributed by atoms with Crippen molar-refractivity contribution in [2.45, 2.75) is 19.4 Å². The van der Waals surface area contributed by atoms with Crippen molar-refractivity contribution in [2.24, 2.45) is 5.73 Å². The van der Waals surface area contributed by atoms with E-state index in [-0.39, 0.29) is 18.2 Å². The maximum Gasteiger partial charge on any atom is 0.285 e. The Hall–Kier alpha value is -2.02. The van der Waals surface area contributed by atoms with Crippen LogP contribution in [0.2, 0.25) is 0 Å². The maximum atomic E-state index is 12.9. The van der Waals surface area contributed by atoms with Crippen LogP contribution in [0.3, 0.4) is 0 Å². The predicted molar refractivity (Wildman–Crippen MR) is 63.7 cm³/mol. The number of nitro groups is 1. The van der Waals surface area contributed by atoms with E-state index in [2.05, 4.69) is 5.32 Å². The van der Waals surface area contributed by atoms with Crippen molar-refractivity contribution >= 4 is 11.6 Å². The van der Waals surface area contributed by atoms with Crippen molar-refractivity contribution in [3.8, 4) is 0 Å².